The van der Waals surface area contributed by atoms with E-state index in [0.29, 0.717) is 11.2 Å². The predicted molar refractivity (Wildman–Crippen MR) is 68.0 cm³/mol. The third-order valence-electron chi connectivity index (χ3n) is 4.23. The fraction of sp³-hybridized carbons (Fsp3) is 0.500. The van der Waals surface area contributed by atoms with Crippen molar-refractivity contribution in [1.82, 2.24) is 0 Å². The number of aryl methyl sites for hydroxylation is 1. The van der Waals surface area contributed by atoms with Gasteiger partial charge in [-0.3, -0.25) is 4.79 Å². The summed E-state index contributed by atoms with van der Waals surface area (Å²) in [7, 11) is 0. The van der Waals surface area contributed by atoms with Gasteiger partial charge in [0, 0.05) is 6.42 Å². The number of benzene rings is 1. The van der Waals surface area contributed by atoms with Crippen LogP contribution in [-0.4, -0.2) is 10.6 Å². The molecule has 2 unspecified atom stereocenters. The highest BCUT2D eigenvalue weighted by Crippen LogP contribution is 2.49. The molecule has 0 radical (unpaired) electrons. The van der Waals surface area contributed by atoms with Crippen LogP contribution in [-0.2, 0) is 16.6 Å². The molecule has 2 atom stereocenters. The highest BCUT2D eigenvalue weighted by molar-refractivity contribution is 9.10. The van der Waals surface area contributed by atoms with Crippen LogP contribution < -0.4 is 0 Å². The fourth-order valence-corrected chi connectivity index (χ4v) is 4.16. The van der Waals surface area contributed by atoms with E-state index in [1.807, 2.05) is 0 Å². The number of rotatable bonds is 0. The first-order valence-corrected chi connectivity index (χ1v) is 6.88. The van der Waals surface area contributed by atoms with Crippen molar-refractivity contribution in [3.8, 4) is 0 Å². The van der Waals surface area contributed by atoms with Crippen LogP contribution >= 0.6 is 15.9 Å². The number of halogens is 1. The van der Waals surface area contributed by atoms with E-state index in [9.17, 15) is 4.79 Å². The van der Waals surface area contributed by atoms with Crippen molar-refractivity contribution in [3.05, 3.63) is 35.4 Å². The average Bonchev–Trinajstić information content (AvgIpc) is 2.65. The molecule has 16 heavy (non-hydrogen) atoms. The lowest BCUT2D eigenvalue weighted by atomic mass is 9.70. The molecule has 1 spiro atoms. The van der Waals surface area contributed by atoms with Crippen molar-refractivity contribution in [2.75, 3.05) is 0 Å². The van der Waals surface area contributed by atoms with E-state index in [4.69, 9.17) is 0 Å². The molecule has 0 aromatic heterocycles. The summed E-state index contributed by atoms with van der Waals surface area (Å²) in [5.41, 5.74) is 3.29. The van der Waals surface area contributed by atoms with Crippen LogP contribution in [0.4, 0.5) is 0 Å². The third-order valence-corrected chi connectivity index (χ3v) is 5.07. The Hall–Kier alpha value is -0.630. The molecule has 1 fully saturated rings. The highest BCUT2D eigenvalue weighted by Gasteiger charge is 2.44. The van der Waals surface area contributed by atoms with Crippen molar-refractivity contribution >= 4 is 21.7 Å². The van der Waals surface area contributed by atoms with Crippen LogP contribution in [0.2, 0.25) is 0 Å². The molecular weight excluding hydrogens is 264 g/mol. The molecule has 0 bridgehead atoms. The summed E-state index contributed by atoms with van der Waals surface area (Å²) in [5.74, 6) is 0.384. The van der Waals surface area contributed by atoms with E-state index in [1.54, 1.807) is 0 Å². The van der Waals surface area contributed by atoms with E-state index < -0.39 is 0 Å². The molecule has 0 amide bonds. The SMILES string of the molecule is O=C1CCC2(CCc3ccccc32)CC1Br. The second kappa shape index (κ2) is 3.69. The van der Waals surface area contributed by atoms with E-state index in [0.717, 1.165) is 19.3 Å². The Kier molecular flexibility index (Phi) is 2.43. The molecule has 1 nitrogen and oxygen atoms in total. The van der Waals surface area contributed by atoms with Gasteiger partial charge in [0.05, 0.1) is 4.83 Å². The molecule has 1 aromatic carbocycles. The number of ketones is 1. The molecule has 0 N–H and O–H groups in total. The Morgan fingerprint density at radius 1 is 1.19 bits per heavy atom. The molecule has 2 heteroatoms. The molecular formula is C14H15BrO. The van der Waals surface area contributed by atoms with Crippen LogP contribution in [0.1, 0.15) is 36.8 Å². The molecule has 0 aliphatic heterocycles. The fourth-order valence-electron chi connectivity index (χ4n) is 3.31. The van der Waals surface area contributed by atoms with E-state index in [1.165, 1.54) is 24.0 Å². The van der Waals surface area contributed by atoms with Crippen LogP contribution in [0.3, 0.4) is 0 Å². The first-order valence-electron chi connectivity index (χ1n) is 5.96. The van der Waals surface area contributed by atoms with Crippen LogP contribution in [0.15, 0.2) is 24.3 Å². The lowest BCUT2D eigenvalue weighted by Gasteiger charge is -2.36. The van der Waals surface area contributed by atoms with E-state index >= 15 is 0 Å². The minimum Gasteiger partial charge on any atom is -0.298 e. The second-order valence-corrected chi connectivity index (χ2v) is 6.18. The van der Waals surface area contributed by atoms with Crippen molar-refractivity contribution in [2.24, 2.45) is 0 Å². The van der Waals surface area contributed by atoms with Gasteiger partial charge in [-0.25, -0.2) is 0 Å². The van der Waals surface area contributed by atoms with Gasteiger partial charge in [-0.1, -0.05) is 40.2 Å². The van der Waals surface area contributed by atoms with Gasteiger partial charge >= 0.3 is 0 Å². The summed E-state index contributed by atoms with van der Waals surface area (Å²) in [4.78, 5) is 11.7. The van der Waals surface area contributed by atoms with Crippen molar-refractivity contribution < 1.29 is 4.79 Å². The van der Waals surface area contributed by atoms with Gasteiger partial charge in [0.15, 0.2) is 0 Å². The van der Waals surface area contributed by atoms with Crippen molar-refractivity contribution in [3.63, 3.8) is 0 Å². The lowest BCUT2D eigenvalue weighted by Crippen LogP contribution is -2.36. The maximum Gasteiger partial charge on any atom is 0.146 e. The van der Waals surface area contributed by atoms with Crippen LogP contribution in [0, 0.1) is 0 Å². The molecule has 0 saturated heterocycles. The Morgan fingerprint density at radius 3 is 2.75 bits per heavy atom. The summed E-state index contributed by atoms with van der Waals surface area (Å²) in [6.07, 6.45) is 5.18. The number of alkyl halides is 1. The zero-order valence-corrected chi connectivity index (χ0v) is 10.8. The number of hydrogen-bond donors (Lipinski definition) is 0. The van der Waals surface area contributed by atoms with Crippen molar-refractivity contribution in [1.29, 1.82) is 0 Å². The standard InChI is InChI=1S/C14H15BrO/c15-12-9-14(8-6-13(12)16)7-5-10-3-1-2-4-11(10)14/h1-4,12H,5-9H2. The second-order valence-electron chi connectivity index (χ2n) is 5.08. The Bertz CT molecular complexity index is 440. The quantitative estimate of drug-likeness (QED) is 0.665. The maximum absolute atomic E-state index is 11.6. The Balaban J connectivity index is 1.99. The monoisotopic (exact) mass is 278 g/mol. The van der Waals surface area contributed by atoms with Gasteiger partial charge in [0.25, 0.3) is 0 Å². The molecule has 1 saturated carbocycles. The molecule has 3 rings (SSSR count). The zero-order chi connectivity index (χ0) is 11.2. The minimum atomic E-state index is 0.0763. The topological polar surface area (TPSA) is 17.1 Å². The van der Waals surface area contributed by atoms with Crippen LogP contribution in [0.25, 0.3) is 0 Å². The highest BCUT2D eigenvalue weighted by atomic mass is 79.9. The first-order chi connectivity index (χ1) is 7.71. The third kappa shape index (κ3) is 1.46. The van der Waals surface area contributed by atoms with Gasteiger partial charge in [0.1, 0.15) is 5.78 Å². The summed E-state index contributed by atoms with van der Waals surface area (Å²) in [6, 6.07) is 8.75. The summed E-state index contributed by atoms with van der Waals surface area (Å²) >= 11 is 3.54. The summed E-state index contributed by atoms with van der Waals surface area (Å²) < 4.78 is 0. The largest absolute Gasteiger partial charge is 0.298 e. The number of Topliss-reactive ketones (excluding diaryl/α,β-unsaturated/α-hetero) is 1. The molecule has 1 aromatic rings. The Labute approximate surface area is 104 Å². The minimum absolute atomic E-state index is 0.0763. The summed E-state index contributed by atoms with van der Waals surface area (Å²) in [6.45, 7) is 0. The van der Waals surface area contributed by atoms with E-state index in [-0.39, 0.29) is 4.83 Å². The first kappa shape index (κ1) is 10.5. The van der Waals surface area contributed by atoms with Gasteiger partial charge in [-0.15, -0.1) is 0 Å². The number of fused-ring (bicyclic) bond motifs is 2. The smallest absolute Gasteiger partial charge is 0.146 e. The molecule has 0 heterocycles. The van der Waals surface area contributed by atoms with Crippen LogP contribution in [0.5, 0.6) is 0 Å². The number of hydrogen-bond acceptors (Lipinski definition) is 1. The molecule has 2 aliphatic carbocycles. The average molecular weight is 279 g/mol. The predicted octanol–water partition coefficient (Wildman–Crippen LogP) is 3.39. The van der Waals surface area contributed by atoms with Gasteiger partial charge in [0.2, 0.25) is 0 Å². The normalized spacial score (nSPS) is 33.1. The number of carbonyl (C=O) groups excluding carboxylic acids is 1. The molecule has 84 valence electrons. The lowest BCUT2D eigenvalue weighted by molar-refractivity contribution is -0.120. The number of carbonyl (C=O) groups is 1. The molecule has 2 aliphatic rings. The van der Waals surface area contributed by atoms with E-state index in [2.05, 4.69) is 40.2 Å². The maximum atomic E-state index is 11.6. The van der Waals surface area contributed by atoms with Gasteiger partial charge < -0.3 is 0 Å². The Morgan fingerprint density at radius 2 is 1.94 bits per heavy atom. The zero-order valence-electron chi connectivity index (χ0n) is 9.21. The van der Waals surface area contributed by atoms with Gasteiger partial charge in [-0.05, 0) is 42.2 Å². The van der Waals surface area contributed by atoms with Gasteiger partial charge in [-0.2, -0.15) is 0 Å². The summed E-state index contributed by atoms with van der Waals surface area (Å²) in [5, 5.41) is 0. The van der Waals surface area contributed by atoms with Crippen molar-refractivity contribution in [2.45, 2.75) is 42.3 Å².